The highest BCUT2D eigenvalue weighted by molar-refractivity contribution is 5.94. The third-order valence-corrected chi connectivity index (χ3v) is 1.88. The van der Waals surface area contributed by atoms with Crippen LogP contribution in [0.1, 0.15) is 30.2 Å². The van der Waals surface area contributed by atoms with Gasteiger partial charge in [0.25, 0.3) is 11.5 Å². The van der Waals surface area contributed by atoms with Gasteiger partial charge in [0.1, 0.15) is 0 Å². The van der Waals surface area contributed by atoms with Gasteiger partial charge in [-0.1, -0.05) is 0 Å². The van der Waals surface area contributed by atoms with E-state index in [2.05, 4.69) is 0 Å². The maximum Gasteiger partial charge on any atom is 0.331 e. The summed E-state index contributed by atoms with van der Waals surface area (Å²) in [5.41, 5.74) is 2.53. The molecule has 0 bridgehead atoms. The molecule has 82 valence electrons. The van der Waals surface area contributed by atoms with Gasteiger partial charge in [0, 0.05) is 6.04 Å². The second-order valence-electron chi connectivity index (χ2n) is 3.29. The Balaban J connectivity index is 3.72. The van der Waals surface area contributed by atoms with Crippen molar-refractivity contribution in [2.24, 2.45) is 5.73 Å². The molecule has 0 unspecified atom stereocenters. The minimum atomic E-state index is -1.08. The topological polar surface area (TPSA) is 118 Å². The second-order valence-corrected chi connectivity index (χ2v) is 3.29. The molecule has 15 heavy (non-hydrogen) atoms. The minimum absolute atomic E-state index is 0.396. The molecule has 0 atom stereocenters. The second kappa shape index (κ2) is 3.60. The van der Waals surface area contributed by atoms with Crippen LogP contribution in [0.5, 0.6) is 5.88 Å². The largest absolute Gasteiger partial charge is 0.494 e. The van der Waals surface area contributed by atoms with Gasteiger partial charge >= 0.3 is 5.69 Å². The highest BCUT2D eigenvalue weighted by atomic mass is 16.3. The van der Waals surface area contributed by atoms with E-state index < -0.39 is 34.6 Å². The molecule has 0 saturated heterocycles. The first-order chi connectivity index (χ1) is 6.86. The van der Waals surface area contributed by atoms with Crippen molar-refractivity contribution in [1.82, 2.24) is 9.55 Å². The first kappa shape index (κ1) is 11.0. The zero-order chi connectivity index (χ0) is 11.7. The van der Waals surface area contributed by atoms with Crippen molar-refractivity contribution in [2.75, 3.05) is 0 Å². The fraction of sp³-hybridized carbons (Fsp3) is 0.375. The van der Waals surface area contributed by atoms with E-state index in [-0.39, 0.29) is 0 Å². The first-order valence-electron chi connectivity index (χ1n) is 4.23. The summed E-state index contributed by atoms with van der Waals surface area (Å²) in [5.74, 6) is -1.78. The fourth-order valence-corrected chi connectivity index (χ4v) is 1.24. The zero-order valence-electron chi connectivity index (χ0n) is 8.27. The molecule has 0 fully saturated rings. The lowest BCUT2D eigenvalue weighted by atomic mass is 10.3. The molecule has 0 aliphatic carbocycles. The third-order valence-electron chi connectivity index (χ3n) is 1.88. The van der Waals surface area contributed by atoms with Crippen LogP contribution in [0.15, 0.2) is 9.59 Å². The first-order valence-corrected chi connectivity index (χ1v) is 4.23. The van der Waals surface area contributed by atoms with E-state index in [1.807, 2.05) is 4.98 Å². The van der Waals surface area contributed by atoms with Gasteiger partial charge in [-0.3, -0.25) is 19.1 Å². The number of hydrogen-bond donors (Lipinski definition) is 3. The summed E-state index contributed by atoms with van der Waals surface area (Å²) in [6.45, 7) is 3.23. The van der Waals surface area contributed by atoms with Crippen molar-refractivity contribution < 1.29 is 9.90 Å². The molecule has 0 spiro atoms. The molecule has 1 amide bonds. The monoisotopic (exact) mass is 213 g/mol. The van der Waals surface area contributed by atoms with E-state index in [0.717, 1.165) is 4.57 Å². The van der Waals surface area contributed by atoms with Crippen LogP contribution >= 0.6 is 0 Å². The van der Waals surface area contributed by atoms with Crippen LogP contribution in [0.4, 0.5) is 0 Å². The summed E-state index contributed by atoms with van der Waals surface area (Å²) in [4.78, 5) is 35.2. The summed E-state index contributed by atoms with van der Waals surface area (Å²) in [6, 6.07) is -0.396. The third kappa shape index (κ3) is 1.76. The highest BCUT2D eigenvalue weighted by Crippen LogP contribution is 2.13. The predicted octanol–water partition coefficient (Wildman–Crippen LogP) is -1.08. The molecule has 1 aromatic rings. The fourth-order valence-electron chi connectivity index (χ4n) is 1.24. The lowest BCUT2D eigenvalue weighted by Crippen LogP contribution is -2.36. The Morgan fingerprint density at radius 1 is 1.47 bits per heavy atom. The molecule has 4 N–H and O–H groups in total. The number of nitrogens with one attached hydrogen (secondary N) is 1. The van der Waals surface area contributed by atoms with Crippen LogP contribution in [-0.4, -0.2) is 20.6 Å². The SMILES string of the molecule is CC(C)n1c(O)c(C(N)=O)c(=O)[nH]c1=O. The standard InChI is InChI=1S/C8H11N3O4/c1-3(2)11-7(14)4(5(9)12)6(13)10-8(11)15/h3,14H,1-2H3,(H2,9,12)(H,10,13,15). The Kier molecular flexibility index (Phi) is 2.65. The van der Waals surface area contributed by atoms with Gasteiger partial charge in [-0.15, -0.1) is 0 Å². The van der Waals surface area contributed by atoms with E-state index in [4.69, 9.17) is 5.73 Å². The molecular formula is C8H11N3O4. The average molecular weight is 213 g/mol. The zero-order valence-corrected chi connectivity index (χ0v) is 8.27. The van der Waals surface area contributed by atoms with Crippen molar-refractivity contribution in [3.63, 3.8) is 0 Å². The van der Waals surface area contributed by atoms with Crippen LogP contribution in [0.2, 0.25) is 0 Å². The number of amides is 1. The summed E-state index contributed by atoms with van der Waals surface area (Å²) in [6.07, 6.45) is 0. The van der Waals surface area contributed by atoms with Crippen LogP contribution in [0, 0.1) is 0 Å². The molecule has 1 aromatic heterocycles. The number of hydrogen-bond acceptors (Lipinski definition) is 4. The molecule has 0 saturated carbocycles. The van der Waals surface area contributed by atoms with Crippen LogP contribution in [0.25, 0.3) is 0 Å². The van der Waals surface area contributed by atoms with Gasteiger partial charge in [-0.2, -0.15) is 0 Å². The maximum absolute atomic E-state index is 11.3. The number of H-pyrrole nitrogens is 1. The smallest absolute Gasteiger partial charge is 0.331 e. The molecule has 7 heteroatoms. The molecule has 1 heterocycles. The molecule has 0 aromatic carbocycles. The van der Waals surface area contributed by atoms with Gasteiger partial charge < -0.3 is 10.8 Å². The summed E-state index contributed by atoms with van der Waals surface area (Å²) in [7, 11) is 0. The molecule has 7 nitrogen and oxygen atoms in total. The highest BCUT2D eigenvalue weighted by Gasteiger charge is 2.19. The van der Waals surface area contributed by atoms with E-state index in [0.29, 0.717) is 0 Å². The van der Waals surface area contributed by atoms with E-state index in [1.54, 1.807) is 13.8 Å². The number of aromatic amines is 1. The summed E-state index contributed by atoms with van der Waals surface area (Å²) >= 11 is 0. The number of carbonyl (C=O) groups excluding carboxylic acids is 1. The number of nitrogens with two attached hydrogens (primary N) is 1. The Bertz CT molecular complexity index is 512. The van der Waals surface area contributed by atoms with Gasteiger partial charge in [0.05, 0.1) is 0 Å². The number of primary amides is 1. The summed E-state index contributed by atoms with van der Waals surface area (Å²) in [5, 5.41) is 9.53. The lowest BCUT2D eigenvalue weighted by molar-refractivity contribution is 0.0994. The van der Waals surface area contributed by atoms with Crippen LogP contribution in [0.3, 0.4) is 0 Å². The van der Waals surface area contributed by atoms with Gasteiger partial charge in [0.15, 0.2) is 5.56 Å². The Hall–Kier alpha value is -2.05. The Labute approximate surface area is 84.2 Å². The molecule has 1 rings (SSSR count). The minimum Gasteiger partial charge on any atom is -0.494 e. The average Bonchev–Trinajstić information content (AvgIpc) is 1.99. The number of carbonyl (C=O) groups is 1. The van der Waals surface area contributed by atoms with Crippen LogP contribution in [-0.2, 0) is 0 Å². The summed E-state index contributed by atoms with van der Waals surface area (Å²) < 4.78 is 0.876. The Morgan fingerprint density at radius 3 is 2.40 bits per heavy atom. The number of aromatic hydroxyl groups is 1. The molecule has 0 aliphatic heterocycles. The van der Waals surface area contributed by atoms with E-state index >= 15 is 0 Å². The molecule has 0 radical (unpaired) electrons. The van der Waals surface area contributed by atoms with Crippen LogP contribution < -0.4 is 17.0 Å². The van der Waals surface area contributed by atoms with Crippen molar-refractivity contribution in [1.29, 1.82) is 0 Å². The molecule has 0 aliphatic rings. The lowest BCUT2D eigenvalue weighted by Gasteiger charge is -2.12. The van der Waals surface area contributed by atoms with Gasteiger partial charge in [-0.05, 0) is 13.8 Å². The maximum atomic E-state index is 11.3. The van der Waals surface area contributed by atoms with Gasteiger partial charge in [-0.25, -0.2) is 4.79 Å². The quantitative estimate of drug-likeness (QED) is 0.579. The van der Waals surface area contributed by atoms with Crippen molar-refractivity contribution in [3.8, 4) is 5.88 Å². The van der Waals surface area contributed by atoms with Crippen molar-refractivity contribution >= 4 is 5.91 Å². The molecular weight excluding hydrogens is 202 g/mol. The number of aromatic nitrogens is 2. The predicted molar refractivity (Wildman–Crippen MR) is 51.9 cm³/mol. The van der Waals surface area contributed by atoms with Crippen molar-refractivity contribution in [2.45, 2.75) is 19.9 Å². The van der Waals surface area contributed by atoms with E-state index in [1.165, 1.54) is 0 Å². The van der Waals surface area contributed by atoms with Gasteiger partial charge in [0.2, 0.25) is 5.88 Å². The number of nitrogens with zero attached hydrogens (tertiary/aromatic N) is 1. The Morgan fingerprint density at radius 2 is 2.00 bits per heavy atom. The number of rotatable bonds is 2. The normalized spacial score (nSPS) is 10.6. The van der Waals surface area contributed by atoms with Crippen molar-refractivity contribution in [3.05, 3.63) is 26.4 Å². The van der Waals surface area contributed by atoms with E-state index in [9.17, 15) is 19.5 Å².